The smallest absolute Gasteiger partial charge is 0.173 e. The second-order valence-corrected chi connectivity index (χ2v) is 3.27. The fourth-order valence-corrected chi connectivity index (χ4v) is 1.45. The molecule has 0 atom stereocenters. The largest absolute Gasteiger partial charge is 0.492 e. The number of methoxy groups -OCH3 is 1. The molecule has 0 aliphatic carbocycles. The number of rotatable bonds is 3. The fourth-order valence-electron chi connectivity index (χ4n) is 1.12. The summed E-state index contributed by atoms with van der Waals surface area (Å²) >= 11 is 2.97. The molecule has 0 saturated heterocycles. The van der Waals surface area contributed by atoms with Crippen molar-refractivity contribution >= 4 is 21.7 Å². The molecular weight excluding hydrogens is 265 g/mol. The Hall–Kier alpha value is -1.41. The lowest BCUT2D eigenvalue weighted by molar-refractivity contribution is 0.102. The van der Waals surface area contributed by atoms with Crippen molar-refractivity contribution in [2.24, 2.45) is 0 Å². The molecule has 0 heterocycles. The lowest BCUT2D eigenvalue weighted by Crippen LogP contribution is -2.03. The zero-order valence-corrected chi connectivity index (χ0v) is 9.47. The fraction of sp³-hybridized carbons (Fsp3) is 0.200. The number of carbonyl (C=O) groups excluding carboxylic acids is 1. The molecule has 0 saturated carbocycles. The minimum absolute atomic E-state index is 0.0156. The van der Waals surface area contributed by atoms with Crippen LogP contribution in [0.15, 0.2) is 12.1 Å². The number of hydrogen-bond acceptors (Lipinski definition) is 3. The third-order valence-electron chi connectivity index (χ3n) is 1.81. The SMILES string of the molecule is COc1c(F)cc(C(=O)CBr)cc1C#N. The van der Waals surface area contributed by atoms with E-state index in [-0.39, 0.29) is 28.0 Å². The van der Waals surface area contributed by atoms with E-state index < -0.39 is 5.82 Å². The van der Waals surface area contributed by atoms with E-state index in [1.165, 1.54) is 13.2 Å². The highest BCUT2D eigenvalue weighted by Gasteiger charge is 2.14. The lowest BCUT2D eigenvalue weighted by atomic mass is 10.1. The second-order valence-electron chi connectivity index (χ2n) is 2.71. The average molecular weight is 272 g/mol. The molecule has 0 N–H and O–H groups in total. The topological polar surface area (TPSA) is 50.1 Å². The van der Waals surface area contributed by atoms with Crippen molar-refractivity contribution in [1.29, 1.82) is 5.26 Å². The number of carbonyl (C=O) groups is 1. The molecular formula is C10H7BrFNO2. The Morgan fingerprint density at radius 3 is 2.80 bits per heavy atom. The first-order valence-electron chi connectivity index (χ1n) is 4.00. The molecule has 0 radical (unpaired) electrons. The van der Waals surface area contributed by atoms with E-state index in [1.54, 1.807) is 6.07 Å². The van der Waals surface area contributed by atoms with Crippen LogP contribution in [0.5, 0.6) is 5.75 Å². The summed E-state index contributed by atoms with van der Waals surface area (Å²) < 4.78 is 18.1. The molecule has 0 bridgehead atoms. The van der Waals surface area contributed by atoms with Crippen molar-refractivity contribution in [3.8, 4) is 11.8 Å². The second kappa shape index (κ2) is 4.89. The number of hydrogen-bond donors (Lipinski definition) is 0. The van der Waals surface area contributed by atoms with E-state index in [4.69, 9.17) is 10.00 Å². The minimum atomic E-state index is -0.708. The molecule has 15 heavy (non-hydrogen) atoms. The van der Waals surface area contributed by atoms with Gasteiger partial charge in [-0.05, 0) is 12.1 Å². The maximum Gasteiger partial charge on any atom is 0.173 e. The Morgan fingerprint density at radius 2 is 2.33 bits per heavy atom. The lowest BCUT2D eigenvalue weighted by Gasteiger charge is -2.05. The van der Waals surface area contributed by atoms with E-state index in [0.717, 1.165) is 6.07 Å². The van der Waals surface area contributed by atoms with Crippen molar-refractivity contribution in [1.82, 2.24) is 0 Å². The van der Waals surface area contributed by atoms with E-state index in [1.807, 2.05) is 0 Å². The van der Waals surface area contributed by atoms with Crippen LogP contribution in [0.1, 0.15) is 15.9 Å². The Kier molecular flexibility index (Phi) is 3.81. The summed E-state index contributed by atoms with van der Waals surface area (Å²) in [4.78, 5) is 11.3. The highest BCUT2D eigenvalue weighted by Crippen LogP contribution is 2.24. The van der Waals surface area contributed by atoms with Crippen LogP contribution < -0.4 is 4.74 Å². The maximum absolute atomic E-state index is 13.4. The number of nitrogens with zero attached hydrogens (tertiary/aromatic N) is 1. The molecule has 78 valence electrons. The molecule has 3 nitrogen and oxygen atoms in total. The van der Waals surface area contributed by atoms with Gasteiger partial charge in [0.25, 0.3) is 0 Å². The molecule has 0 aromatic heterocycles. The molecule has 0 aliphatic heterocycles. The van der Waals surface area contributed by atoms with Crippen molar-refractivity contribution in [2.45, 2.75) is 0 Å². The minimum Gasteiger partial charge on any atom is -0.492 e. The molecule has 0 amide bonds. The summed E-state index contributed by atoms with van der Waals surface area (Å²) in [6, 6.07) is 4.14. The zero-order valence-electron chi connectivity index (χ0n) is 7.88. The average Bonchev–Trinajstić information content (AvgIpc) is 2.26. The van der Waals surface area contributed by atoms with Crippen molar-refractivity contribution in [3.63, 3.8) is 0 Å². The van der Waals surface area contributed by atoms with E-state index >= 15 is 0 Å². The van der Waals surface area contributed by atoms with Gasteiger partial charge in [0.05, 0.1) is 18.0 Å². The standard InChI is InChI=1S/C10H7BrFNO2/c1-15-10-7(5-13)2-6(3-8(10)12)9(14)4-11/h2-3H,4H2,1H3. The number of Topliss-reactive ketones (excluding diaryl/α,β-unsaturated/α-hetero) is 1. The molecule has 5 heteroatoms. The molecule has 1 aromatic carbocycles. The van der Waals surface area contributed by atoms with Gasteiger partial charge in [-0.25, -0.2) is 4.39 Å². The Morgan fingerprint density at radius 1 is 1.67 bits per heavy atom. The number of ketones is 1. The van der Waals surface area contributed by atoms with Crippen LogP contribution in [0.25, 0.3) is 0 Å². The summed E-state index contributed by atoms with van der Waals surface area (Å²) in [5.41, 5.74) is 0.170. The number of ether oxygens (including phenoxy) is 1. The van der Waals surface area contributed by atoms with Crippen molar-refractivity contribution in [2.75, 3.05) is 12.4 Å². The van der Waals surface area contributed by atoms with Gasteiger partial charge >= 0.3 is 0 Å². The summed E-state index contributed by atoms with van der Waals surface area (Å²) in [6.45, 7) is 0. The number of nitriles is 1. The number of benzene rings is 1. The molecule has 0 aliphatic rings. The van der Waals surface area contributed by atoms with Crippen LogP contribution in [0.2, 0.25) is 0 Å². The number of halogens is 2. The van der Waals surface area contributed by atoms with Gasteiger partial charge in [0.15, 0.2) is 17.3 Å². The van der Waals surface area contributed by atoms with Crippen LogP contribution in [-0.2, 0) is 0 Å². The quantitative estimate of drug-likeness (QED) is 0.626. The molecule has 0 spiro atoms. The molecule has 0 fully saturated rings. The highest BCUT2D eigenvalue weighted by molar-refractivity contribution is 9.09. The van der Waals surface area contributed by atoms with Gasteiger partial charge in [0.2, 0.25) is 0 Å². The monoisotopic (exact) mass is 271 g/mol. The van der Waals surface area contributed by atoms with E-state index in [2.05, 4.69) is 15.9 Å². The Labute approximate surface area is 94.6 Å². The first-order valence-corrected chi connectivity index (χ1v) is 5.13. The maximum atomic E-state index is 13.4. The predicted molar refractivity (Wildman–Crippen MR) is 55.8 cm³/mol. The summed E-state index contributed by atoms with van der Waals surface area (Å²) in [5.74, 6) is -1.13. The summed E-state index contributed by atoms with van der Waals surface area (Å²) in [5, 5.41) is 8.82. The molecule has 1 aromatic rings. The van der Waals surface area contributed by atoms with Gasteiger partial charge in [0.1, 0.15) is 6.07 Å². The highest BCUT2D eigenvalue weighted by atomic mass is 79.9. The molecule has 0 unspecified atom stereocenters. The van der Waals surface area contributed by atoms with Gasteiger partial charge in [-0.1, -0.05) is 15.9 Å². The Bertz CT molecular complexity index is 440. The number of alkyl halides is 1. The van der Waals surface area contributed by atoms with Crippen molar-refractivity contribution in [3.05, 3.63) is 29.1 Å². The van der Waals surface area contributed by atoms with Crippen LogP contribution in [0.3, 0.4) is 0 Å². The Balaban J connectivity index is 3.33. The van der Waals surface area contributed by atoms with E-state index in [0.29, 0.717) is 0 Å². The summed E-state index contributed by atoms with van der Waals surface area (Å²) in [7, 11) is 1.27. The predicted octanol–water partition coefficient (Wildman–Crippen LogP) is 2.28. The first kappa shape index (κ1) is 11.7. The normalized spacial score (nSPS) is 9.47. The van der Waals surface area contributed by atoms with Crippen LogP contribution in [0, 0.1) is 17.1 Å². The van der Waals surface area contributed by atoms with Gasteiger partial charge in [0, 0.05) is 5.56 Å². The third kappa shape index (κ3) is 2.34. The van der Waals surface area contributed by atoms with Gasteiger partial charge in [-0.15, -0.1) is 0 Å². The molecule has 1 rings (SSSR count). The van der Waals surface area contributed by atoms with E-state index in [9.17, 15) is 9.18 Å². The van der Waals surface area contributed by atoms with Gasteiger partial charge in [-0.3, -0.25) is 4.79 Å². The first-order chi connectivity index (χ1) is 7.13. The van der Waals surface area contributed by atoms with Crippen LogP contribution in [-0.4, -0.2) is 18.2 Å². The van der Waals surface area contributed by atoms with Crippen LogP contribution >= 0.6 is 15.9 Å². The summed E-state index contributed by atoms with van der Waals surface area (Å²) in [6.07, 6.45) is 0. The van der Waals surface area contributed by atoms with Crippen LogP contribution in [0.4, 0.5) is 4.39 Å². The van der Waals surface area contributed by atoms with Crippen molar-refractivity contribution < 1.29 is 13.9 Å². The third-order valence-corrected chi connectivity index (χ3v) is 2.32. The zero-order chi connectivity index (χ0) is 11.4. The van der Waals surface area contributed by atoms with Gasteiger partial charge < -0.3 is 4.74 Å². The van der Waals surface area contributed by atoms with Gasteiger partial charge in [-0.2, -0.15) is 5.26 Å².